The van der Waals surface area contributed by atoms with Gasteiger partial charge in [-0.1, -0.05) is 37.6 Å². The highest BCUT2D eigenvalue weighted by atomic mass is 19.4. The zero-order valence-corrected chi connectivity index (χ0v) is 20.9. The van der Waals surface area contributed by atoms with E-state index in [1.54, 1.807) is 18.2 Å². The highest BCUT2D eigenvalue weighted by Gasteiger charge is 2.57. The van der Waals surface area contributed by atoms with Crippen LogP contribution in [0.5, 0.6) is 5.75 Å². The van der Waals surface area contributed by atoms with Crippen LogP contribution in [-0.2, 0) is 17.4 Å². The van der Waals surface area contributed by atoms with Crippen molar-refractivity contribution in [1.82, 2.24) is 5.32 Å². The third-order valence-corrected chi connectivity index (χ3v) is 9.20. The summed E-state index contributed by atoms with van der Waals surface area (Å²) in [5, 5.41) is 13.9. The Labute approximate surface area is 210 Å². The molecule has 7 heteroatoms. The van der Waals surface area contributed by atoms with E-state index in [2.05, 4.69) is 12.2 Å². The van der Waals surface area contributed by atoms with Crippen LogP contribution >= 0.6 is 0 Å². The van der Waals surface area contributed by atoms with Crippen LogP contribution in [0.25, 0.3) is 10.8 Å². The summed E-state index contributed by atoms with van der Waals surface area (Å²) < 4.78 is 48.9. The number of benzene rings is 2. The molecule has 0 aliphatic heterocycles. The van der Waals surface area contributed by atoms with E-state index in [1.165, 1.54) is 6.07 Å². The lowest BCUT2D eigenvalue weighted by Gasteiger charge is -2.29. The minimum absolute atomic E-state index is 0.0639. The molecule has 0 aromatic heterocycles. The summed E-state index contributed by atoms with van der Waals surface area (Å²) in [6.45, 7) is 2.77. The first-order chi connectivity index (χ1) is 17.1. The van der Waals surface area contributed by atoms with Gasteiger partial charge in [0.2, 0.25) is 0 Å². The molecule has 5 rings (SSSR count). The van der Waals surface area contributed by atoms with Crippen molar-refractivity contribution in [1.29, 1.82) is 0 Å². The maximum atomic E-state index is 14.3. The summed E-state index contributed by atoms with van der Waals surface area (Å²) in [7, 11) is 0. The smallest absolute Gasteiger partial charge is 0.420 e. The molecule has 4 nitrogen and oxygen atoms in total. The van der Waals surface area contributed by atoms with Crippen LogP contribution in [0.4, 0.5) is 13.2 Å². The van der Waals surface area contributed by atoms with Crippen LogP contribution in [0.1, 0.15) is 82.3 Å². The predicted molar refractivity (Wildman–Crippen MR) is 133 cm³/mol. The lowest BCUT2D eigenvalue weighted by Crippen LogP contribution is -2.42. The van der Waals surface area contributed by atoms with Gasteiger partial charge < -0.3 is 15.2 Å². The Bertz CT molecular complexity index is 1110. The van der Waals surface area contributed by atoms with E-state index in [9.17, 15) is 23.1 Å². The number of aliphatic carboxylic acids is 1. The normalized spacial score (nSPS) is 30.1. The molecule has 0 amide bonds. The molecule has 0 spiro atoms. The number of alkyl halides is 3. The van der Waals surface area contributed by atoms with Gasteiger partial charge in [-0.25, -0.2) is 0 Å². The van der Waals surface area contributed by atoms with E-state index in [0.29, 0.717) is 43.5 Å². The predicted octanol–water partition coefficient (Wildman–Crippen LogP) is 7.13. The summed E-state index contributed by atoms with van der Waals surface area (Å²) >= 11 is 0. The summed E-state index contributed by atoms with van der Waals surface area (Å²) in [6.07, 6.45) is 4.33. The number of ether oxygens (including phenoxy) is 1. The molecular formula is C29H36F3NO3. The number of hydrogen-bond donors (Lipinski definition) is 2. The van der Waals surface area contributed by atoms with Crippen molar-refractivity contribution in [2.75, 3.05) is 6.54 Å². The second-order valence-electron chi connectivity index (χ2n) is 11.4. The van der Waals surface area contributed by atoms with E-state index in [4.69, 9.17) is 4.74 Å². The SMILES string of the molecule is CCC1CCC(Oc2ccc3ccc(CCNC45CCC(C(=O)O)(CC4)C5)cc3c2C(F)(F)F)CC1. The molecule has 36 heavy (non-hydrogen) atoms. The van der Waals surface area contributed by atoms with Gasteiger partial charge in [-0.15, -0.1) is 0 Å². The minimum Gasteiger partial charge on any atom is -0.490 e. The average molecular weight is 504 g/mol. The average Bonchev–Trinajstić information content (AvgIpc) is 3.41. The van der Waals surface area contributed by atoms with Gasteiger partial charge in [0, 0.05) is 5.54 Å². The van der Waals surface area contributed by atoms with E-state index in [0.717, 1.165) is 50.5 Å². The summed E-state index contributed by atoms with van der Waals surface area (Å²) in [6, 6.07) is 8.50. The van der Waals surface area contributed by atoms with Gasteiger partial charge >= 0.3 is 12.1 Å². The molecule has 3 aliphatic rings. The monoisotopic (exact) mass is 503 g/mol. The molecule has 0 unspecified atom stereocenters. The molecule has 0 saturated heterocycles. The summed E-state index contributed by atoms with van der Waals surface area (Å²) in [5.41, 5.74) is -0.588. The molecule has 3 saturated carbocycles. The molecule has 196 valence electrons. The van der Waals surface area contributed by atoms with Crippen molar-refractivity contribution in [3.63, 3.8) is 0 Å². The largest absolute Gasteiger partial charge is 0.490 e. The lowest BCUT2D eigenvalue weighted by molar-refractivity contribution is -0.148. The molecular weight excluding hydrogens is 467 g/mol. The van der Waals surface area contributed by atoms with Crippen molar-refractivity contribution < 1.29 is 27.8 Å². The number of nitrogens with one attached hydrogen (secondary N) is 1. The molecule has 3 aliphatic carbocycles. The van der Waals surface area contributed by atoms with Crippen LogP contribution in [0.2, 0.25) is 0 Å². The second-order valence-corrected chi connectivity index (χ2v) is 11.4. The van der Waals surface area contributed by atoms with E-state index < -0.39 is 23.1 Å². The standard InChI is InChI=1S/C29H36F3NO3/c1-2-19-4-8-22(9-5-19)36-24-10-7-21-6-3-20(17-23(21)25(24)29(30,31)32)11-16-33-28-14-12-27(18-28,13-15-28)26(34)35/h3,6-7,10,17,19,22,33H,2,4-5,8-9,11-16,18H2,1H3,(H,34,35). The first-order valence-corrected chi connectivity index (χ1v) is 13.4. The Kier molecular flexibility index (Phi) is 6.73. The molecule has 3 fully saturated rings. The maximum absolute atomic E-state index is 14.3. The Morgan fingerprint density at radius 3 is 2.39 bits per heavy atom. The number of carbonyl (C=O) groups is 1. The van der Waals surface area contributed by atoms with Crippen molar-refractivity contribution >= 4 is 16.7 Å². The summed E-state index contributed by atoms with van der Waals surface area (Å²) in [4.78, 5) is 11.7. The van der Waals surface area contributed by atoms with E-state index in [-0.39, 0.29) is 22.8 Å². The lowest BCUT2D eigenvalue weighted by atomic mass is 9.84. The Morgan fingerprint density at radius 1 is 1.08 bits per heavy atom. The first kappa shape index (κ1) is 25.4. The zero-order chi connectivity index (χ0) is 25.6. The number of carboxylic acids is 1. The van der Waals surface area contributed by atoms with Gasteiger partial charge in [0.1, 0.15) is 11.3 Å². The fourth-order valence-corrected chi connectivity index (χ4v) is 6.94. The Hall–Kier alpha value is -2.28. The number of hydrogen-bond acceptors (Lipinski definition) is 3. The zero-order valence-electron chi connectivity index (χ0n) is 20.9. The fraction of sp³-hybridized carbons (Fsp3) is 0.621. The Morgan fingerprint density at radius 2 is 1.78 bits per heavy atom. The molecule has 2 aromatic rings. The second kappa shape index (κ2) is 9.55. The topological polar surface area (TPSA) is 58.6 Å². The molecule has 0 radical (unpaired) electrons. The van der Waals surface area contributed by atoms with Crippen molar-refractivity contribution in [2.45, 2.75) is 95.4 Å². The molecule has 2 bridgehead atoms. The molecule has 2 N–H and O–H groups in total. The third kappa shape index (κ3) is 4.83. The third-order valence-electron chi connectivity index (χ3n) is 9.20. The van der Waals surface area contributed by atoms with Gasteiger partial charge in [-0.05, 0) is 99.1 Å². The molecule has 0 atom stereocenters. The van der Waals surface area contributed by atoms with E-state index >= 15 is 0 Å². The van der Waals surface area contributed by atoms with Crippen molar-refractivity contribution in [3.8, 4) is 5.75 Å². The highest BCUT2D eigenvalue weighted by molar-refractivity contribution is 5.89. The minimum atomic E-state index is -4.51. The van der Waals surface area contributed by atoms with Crippen LogP contribution in [0.3, 0.4) is 0 Å². The number of halogens is 3. The number of fused-ring (bicyclic) bond motifs is 3. The Balaban J connectivity index is 1.32. The molecule has 0 heterocycles. The van der Waals surface area contributed by atoms with Crippen LogP contribution in [-0.4, -0.2) is 29.3 Å². The van der Waals surface area contributed by atoms with Crippen molar-refractivity contribution in [3.05, 3.63) is 41.5 Å². The van der Waals surface area contributed by atoms with E-state index in [1.807, 2.05) is 6.07 Å². The van der Waals surface area contributed by atoms with Crippen molar-refractivity contribution in [2.24, 2.45) is 11.3 Å². The molecule has 2 aromatic carbocycles. The van der Waals surface area contributed by atoms with Gasteiger partial charge in [0.15, 0.2) is 0 Å². The number of rotatable bonds is 8. The quantitative estimate of drug-likeness (QED) is 0.403. The highest BCUT2D eigenvalue weighted by Crippen LogP contribution is 2.56. The van der Waals surface area contributed by atoms with Crippen LogP contribution in [0.15, 0.2) is 30.3 Å². The maximum Gasteiger partial charge on any atom is 0.420 e. The van der Waals surface area contributed by atoms with Gasteiger partial charge in [0.25, 0.3) is 0 Å². The summed E-state index contributed by atoms with van der Waals surface area (Å²) in [5.74, 6) is -0.117. The van der Waals surface area contributed by atoms with Crippen LogP contribution < -0.4 is 10.1 Å². The first-order valence-electron chi connectivity index (χ1n) is 13.4. The fourth-order valence-electron chi connectivity index (χ4n) is 6.94. The van der Waals surface area contributed by atoms with Gasteiger partial charge in [0.05, 0.1) is 11.5 Å². The van der Waals surface area contributed by atoms with Gasteiger partial charge in [-0.3, -0.25) is 4.79 Å². The number of carboxylic acid groups (broad SMARTS) is 1. The van der Waals surface area contributed by atoms with Gasteiger partial charge in [-0.2, -0.15) is 13.2 Å². The van der Waals surface area contributed by atoms with Crippen LogP contribution in [0, 0.1) is 11.3 Å².